The van der Waals surface area contributed by atoms with Crippen molar-refractivity contribution < 1.29 is 18.7 Å². The number of rotatable bonds is 4. The van der Waals surface area contributed by atoms with Crippen LogP contribution in [-0.2, 0) is 13.0 Å². The Labute approximate surface area is 151 Å². The number of aliphatic hydroxyl groups excluding tert-OH is 1. The largest absolute Gasteiger partial charge is 0.395 e. The van der Waals surface area contributed by atoms with Gasteiger partial charge in [-0.15, -0.1) is 0 Å². The van der Waals surface area contributed by atoms with E-state index in [1.165, 1.54) is 23.5 Å². The van der Waals surface area contributed by atoms with Crippen LogP contribution in [0.25, 0.3) is 10.9 Å². The summed E-state index contributed by atoms with van der Waals surface area (Å²) in [6.07, 6.45) is 0.627. The van der Waals surface area contributed by atoms with Crippen LogP contribution in [0.3, 0.4) is 0 Å². The lowest BCUT2D eigenvalue weighted by molar-refractivity contribution is 0.0731. The van der Waals surface area contributed by atoms with Gasteiger partial charge in [-0.1, -0.05) is 11.3 Å². The third-order valence-corrected chi connectivity index (χ3v) is 5.33. The van der Waals surface area contributed by atoms with Crippen molar-refractivity contribution in [2.45, 2.75) is 13.0 Å². The first-order chi connectivity index (χ1) is 12.5. The highest BCUT2D eigenvalue weighted by Gasteiger charge is 2.26. The number of hydrogen-bond acceptors (Lipinski definition) is 5. The first-order valence-electron chi connectivity index (χ1n) is 8.15. The maximum atomic E-state index is 13.9. The number of benzene rings is 1. The Morgan fingerprint density at radius 3 is 3.04 bits per heavy atom. The van der Waals surface area contributed by atoms with Gasteiger partial charge in [0.15, 0.2) is 5.13 Å². The smallest absolute Gasteiger partial charge is 0.270 e. The highest BCUT2D eigenvalue weighted by atomic mass is 32.1. The van der Waals surface area contributed by atoms with Crippen molar-refractivity contribution in [1.82, 2.24) is 14.9 Å². The number of aromatic amines is 1. The Bertz CT molecular complexity index is 985. The SMILES string of the molecule is O=C(c1cc2c(F)cc(F)cc2[nH]1)N1CCc2nc(NCCO)sc2C1. The molecule has 6 nitrogen and oxygen atoms in total. The number of thiazole rings is 1. The summed E-state index contributed by atoms with van der Waals surface area (Å²) in [5.41, 5.74) is 1.44. The molecule has 4 rings (SSSR count). The number of halogens is 2. The van der Waals surface area contributed by atoms with Gasteiger partial charge in [0, 0.05) is 35.8 Å². The predicted octanol–water partition coefficient (Wildman–Crippen LogP) is 2.51. The van der Waals surface area contributed by atoms with E-state index in [4.69, 9.17) is 5.11 Å². The Kier molecular flexibility index (Phi) is 4.33. The Hall–Kier alpha value is -2.52. The lowest BCUT2D eigenvalue weighted by atomic mass is 10.1. The van der Waals surface area contributed by atoms with Gasteiger partial charge in [0.2, 0.25) is 0 Å². The molecule has 0 radical (unpaired) electrons. The number of nitrogens with zero attached hydrogens (tertiary/aromatic N) is 2. The number of hydrogen-bond donors (Lipinski definition) is 3. The molecule has 3 aromatic rings. The van der Waals surface area contributed by atoms with Gasteiger partial charge in [-0.05, 0) is 12.1 Å². The quantitative estimate of drug-likeness (QED) is 0.652. The van der Waals surface area contributed by atoms with E-state index in [1.807, 2.05) is 0 Å². The molecule has 0 saturated carbocycles. The molecule has 0 fully saturated rings. The predicted molar refractivity (Wildman–Crippen MR) is 94.3 cm³/mol. The van der Waals surface area contributed by atoms with Crippen molar-refractivity contribution in [3.8, 4) is 0 Å². The summed E-state index contributed by atoms with van der Waals surface area (Å²) in [6, 6.07) is 3.39. The fourth-order valence-electron chi connectivity index (χ4n) is 3.05. The van der Waals surface area contributed by atoms with Gasteiger partial charge in [-0.3, -0.25) is 4.79 Å². The zero-order valence-corrected chi connectivity index (χ0v) is 14.5. The fraction of sp³-hybridized carbons (Fsp3) is 0.294. The molecule has 26 heavy (non-hydrogen) atoms. The molecule has 0 spiro atoms. The van der Waals surface area contributed by atoms with Crippen LogP contribution in [-0.4, -0.2) is 45.6 Å². The van der Waals surface area contributed by atoms with Gasteiger partial charge in [-0.25, -0.2) is 13.8 Å². The summed E-state index contributed by atoms with van der Waals surface area (Å²) in [4.78, 5) is 22.7. The number of carbonyl (C=O) groups is 1. The summed E-state index contributed by atoms with van der Waals surface area (Å²) in [5.74, 6) is -1.64. The standard InChI is InChI=1S/C17H16F2N4O2S/c18-9-5-11(19)10-7-14(21-13(10)6-9)16(25)23-3-1-12-15(8-23)26-17(22-12)20-2-4-24/h5-7,21,24H,1-4,8H2,(H,20,22). The van der Waals surface area contributed by atoms with Gasteiger partial charge in [0.1, 0.15) is 17.3 Å². The second kappa shape index (κ2) is 6.65. The maximum absolute atomic E-state index is 13.9. The van der Waals surface area contributed by atoms with Gasteiger partial charge < -0.3 is 20.3 Å². The highest BCUT2D eigenvalue weighted by molar-refractivity contribution is 7.15. The van der Waals surface area contributed by atoms with E-state index in [0.29, 0.717) is 26.1 Å². The topological polar surface area (TPSA) is 81.2 Å². The molecule has 1 aliphatic rings. The third-order valence-electron chi connectivity index (χ3n) is 4.29. The van der Waals surface area contributed by atoms with Gasteiger partial charge in [0.05, 0.1) is 24.4 Å². The van der Waals surface area contributed by atoms with E-state index < -0.39 is 11.6 Å². The Balaban J connectivity index is 1.56. The lowest BCUT2D eigenvalue weighted by Gasteiger charge is -2.25. The van der Waals surface area contributed by atoms with Crippen molar-refractivity contribution >= 4 is 33.3 Å². The molecule has 0 saturated heterocycles. The number of H-pyrrole nitrogens is 1. The second-order valence-corrected chi connectivity index (χ2v) is 7.13. The molecule has 136 valence electrons. The number of carbonyl (C=O) groups excluding carboxylic acids is 1. The number of anilines is 1. The zero-order valence-electron chi connectivity index (χ0n) is 13.7. The molecule has 0 aliphatic carbocycles. The van der Waals surface area contributed by atoms with Crippen molar-refractivity contribution in [2.75, 3.05) is 25.0 Å². The van der Waals surface area contributed by atoms with E-state index in [0.717, 1.165) is 21.8 Å². The van der Waals surface area contributed by atoms with Gasteiger partial charge in [0.25, 0.3) is 5.91 Å². The first kappa shape index (κ1) is 16.9. The summed E-state index contributed by atoms with van der Waals surface area (Å²) in [7, 11) is 0. The van der Waals surface area contributed by atoms with Crippen LogP contribution in [0.15, 0.2) is 18.2 Å². The van der Waals surface area contributed by atoms with Gasteiger partial charge in [-0.2, -0.15) is 0 Å². The average Bonchev–Trinajstić information content (AvgIpc) is 3.22. The molecule has 0 unspecified atom stereocenters. The van der Waals surface area contributed by atoms with Crippen molar-refractivity contribution in [3.63, 3.8) is 0 Å². The van der Waals surface area contributed by atoms with Crippen LogP contribution in [0, 0.1) is 11.6 Å². The van der Waals surface area contributed by atoms with Crippen molar-refractivity contribution in [2.24, 2.45) is 0 Å². The minimum atomic E-state index is -0.696. The molecular weight excluding hydrogens is 362 g/mol. The Morgan fingerprint density at radius 2 is 2.23 bits per heavy atom. The minimum Gasteiger partial charge on any atom is -0.395 e. The summed E-state index contributed by atoms with van der Waals surface area (Å²) in [5, 5.41) is 12.8. The van der Waals surface area contributed by atoms with E-state index in [9.17, 15) is 13.6 Å². The second-order valence-electron chi connectivity index (χ2n) is 6.05. The van der Waals surface area contributed by atoms with Gasteiger partial charge >= 0.3 is 0 Å². The Morgan fingerprint density at radius 1 is 1.38 bits per heavy atom. The van der Waals surface area contributed by atoms with Crippen LogP contribution < -0.4 is 5.32 Å². The van der Waals surface area contributed by atoms with E-state index in [-0.39, 0.29) is 29.1 Å². The number of amides is 1. The maximum Gasteiger partial charge on any atom is 0.270 e. The van der Waals surface area contributed by atoms with Crippen LogP contribution in [0.5, 0.6) is 0 Å². The van der Waals surface area contributed by atoms with E-state index in [1.54, 1.807) is 4.90 Å². The minimum absolute atomic E-state index is 0.0202. The van der Waals surface area contributed by atoms with Crippen LogP contribution >= 0.6 is 11.3 Å². The molecule has 1 aromatic carbocycles. The normalized spacial score (nSPS) is 13.9. The third kappa shape index (κ3) is 3.04. The van der Waals surface area contributed by atoms with Crippen LogP contribution in [0.2, 0.25) is 0 Å². The number of fused-ring (bicyclic) bond motifs is 2. The monoisotopic (exact) mass is 378 g/mol. The number of aliphatic hydroxyl groups is 1. The fourth-order valence-corrected chi connectivity index (χ4v) is 4.10. The van der Waals surface area contributed by atoms with E-state index >= 15 is 0 Å². The number of aromatic nitrogens is 2. The molecular formula is C17H16F2N4O2S. The van der Waals surface area contributed by atoms with E-state index in [2.05, 4.69) is 15.3 Å². The molecule has 2 aromatic heterocycles. The molecule has 1 aliphatic heterocycles. The highest BCUT2D eigenvalue weighted by Crippen LogP contribution is 2.29. The summed E-state index contributed by atoms with van der Waals surface area (Å²) >= 11 is 1.45. The van der Waals surface area contributed by atoms with Crippen molar-refractivity contribution in [3.05, 3.63) is 46.1 Å². The molecule has 1 amide bonds. The van der Waals surface area contributed by atoms with Crippen LogP contribution in [0.4, 0.5) is 13.9 Å². The first-order valence-corrected chi connectivity index (χ1v) is 8.97. The van der Waals surface area contributed by atoms with Crippen molar-refractivity contribution in [1.29, 1.82) is 0 Å². The lowest BCUT2D eigenvalue weighted by Crippen LogP contribution is -2.35. The molecule has 3 heterocycles. The molecule has 3 N–H and O–H groups in total. The molecule has 0 bridgehead atoms. The molecule has 9 heteroatoms. The van der Waals surface area contributed by atoms with Crippen LogP contribution in [0.1, 0.15) is 21.1 Å². The number of nitrogens with one attached hydrogen (secondary N) is 2. The average molecular weight is 378 g/mol. The summed E-state index contributed by atoms with van der Waals surface area (Å²) < 4.78 is 27.2. The summed E-state index contributed by atoms with van der Waals surface area (Å²) in [6.45, 7) is 1.36. The zero-order chi connectivity index (χ0) is 18.3. The molecule has 0 atom stereocenters.